The Hall–Kier alpha value is -4.88. The second-order valence-corrected chi connectivity index (χ2v) is 12.8. The van der Waals surface area contributed by atoms with Gasteiger partial charge in [0.05, 0.1) is 31.5 Å². The molecular weight excluding hydrogens is 757 g/mol. The number of carbonyl (C=O) groups excluding carboxylic acids is 3. The molecule has 0 atom stereocenters. The van der Waals surface area contributed by atoms with Crippen LogP contribution in [-0.4, -0.2) is 85.6 Å². The van der Waals surface area contributed by atoms with Crippen LogP contribution in [0.5, 0.6) is 0 Å². The van der Waals surface area contributed by atoms with Crippen molar-refractivity contribution in [3.05, 3.63) is 83.9 Å². The van der Waals surface area contributed by atoms with Gasteiger partial charge in [0.25, 0.3) is 0 Å². The normalized spacial score (nSPS) is 11.9. The van der Waals surface area contributed by atoms with Gasteiger partial charge in [-0.15, -0.1) is 11.3 Å². The van der Waals surface area contributed by atoms with Crippen LogP contribution in [0.4, 0.5) is 14.5 Å². The molecule has 0 saturated heterocycles. The first-order chi connectivity index (χ1) is 26.7. The molecule has 1 fully saturated rings. The highest BCUT2D eigenvalue weighted by Crippen LogP contribution is 2.33. The molecule has 4 heterocycles. The molecule has 1 aliphatic carbocycles. The zero-order valence-corrected chi connectivity index (χ0v) is 32.8. The molecule has 298 valence electrons. The zero-order valence-electron chi connectivity index (χ0n) is 31.1. The fourth-order valence-corrected chi connectivity index (χ4v) is 5.80. The number of nitrogens with zero attached hydrogens (tertiary/aromatic N) is 6. The number of methoxy groups -OCH3 is 2. The SMILES string of the molecule is CCO.CNc1cn(C2CCCCC2)nc1-c1nc(F)ccc1F.COC(=O)CCC=O.COCn1cc(-c2nc(C=O)cs2)cn1.OSc1ccccc1. The van der Waals surface area contributed by atoms with Gasteiger partial charge >= 0.3 is 5.97 Å². The molecule has 14 nitrogen and oxygen atoms in total. The lowest BCUT2D eigenvalue weighted by molar-refractivity contribution is -0.141. The Morgan fingerprint density at radius 2 is 1.76 bits per heavy atom. The standard InChI is InChI=1S/C15H18F2N4.C9H9N3O2S.C6H6OS.C5H8O3.C2H6O/c1-18-12-9-21(10-5-3-2-4-6-10)20-15(12)14-11(16)7-8-13(17)19-14;1-14-6-12-3-7(2-10-12)9-11-8(4-13)5-15-9;7-8-6-4-2-1-3-5-6;1-8-5(7)3-2-4-6;1-2-3/h7-10,18H,2-6H2,1H3;2-5H,6H2,1H3;1-5,7H;4H,2-3H2,1H3;3H,2H2,1H3. The van der Waals surface area contributed by atoms with E-state index in [4.69, 9.17) is 14.4 Å². The molecule has 1 saturated carbocycles. The minimum absolute atomic E-state index is 0.0473. The van der Waals surface area contributed by atoms with Crippen molar-refractivity contribution in [3.63, 3.8) is 0 Å². The minimum Gasteiger partial charge on any atom is -0.469 e. The number of nitrogens with one attached hydrogen (secondary N) is 1. The molecule has 0 amide bonds. The summed E-state index contributed by atoms with van der Waals surface area (Å²) in [7, 11) is 4.64. The van der Waals surface area contributed by atoms with Crippen LogP contribution in [0.2, 0.25) is 0 Å². The topological polar surface area (TPSA) is 184 Å². The van der Waals surface area contributed by atoms with Gasteiger partial charge in [-0.05, 0) is 44.0 Å². The summed E-state index contributed by atoms with van der Waals surface area (Å²) < 4.78 is 48.4. The third kappa shape index (κ3) is 16.6. The second-order valence-electron chi connectivity index (χ2n) is 11.3. The van der Waals surface area contributed by atoms with E-state index in [-0.39, 0.29) is 31.1 Å². The van der Waals surface area contributed by atoms with Crippen molar-refractivity contribution in [1.29, 1.82) is 0 Å². The number of aldehydes is 2. The van der Waals surface area contributed by atoms with Crippen LogP contribution in [0.25, 0.3) is 22.0 Å². The highest BCUT2D eigenvalue weighted by molar-refractivity contribution is 7.93. The number of hydrogen-bond donors (Lipinski definition) is 3. The van der Waals surface area contributed by atoms with E-state index < -0.39 is 11.8 Å². The number of anilines is 1. The first kappa shape index (κ1) is 46.3. The number of aliphatic hydroxyl groups is 1. The number of pyridine rings is 1. The summed E-state index contributed by atoms with van der Waals surface area (Å²) in [5, 5.41) is 21.6. The maximum atomic E-state index is 13.9. The predicted octanol–water partition coefficient (Wildman–Crippen LogP) is 7.58. The quantitative estimate of drug-likeness (QED) is 0.0515. The zero-order chi connectivity index (χ0) is 40.4. The molecule has 0 unspecified atom stereocenters. The number of benzene rings is 1. The van der Waals surface area contributed by atoms with Crippen molar-refractivity contribution in [1.82, 2.24) is 29.5 Å². The monoisotopic (exact) mass is 803 g/mol. The highest BCUT2D eigenvalue weighted by atomic mass is 32.2. The smallest absolute Gasteiger partial charge is 0.305 e. The fraction of sp³-hybridized carbons (Fsp3) is 0.378. The van der Waals surface area contributed by atoms with E-state index in [1.165, 1.54) is 37.7 Å². The van der Waals surface area contributed by atoms with Crippen molar-refractivity contribution < 1.29 is 42.3 Å². The number of ether oxygens (including phenoxy) is 2. The third-order valence-electron chi connectivity index (χ3n) is 7.31. The van der Waals surface area contributed by atoms with E-state index in [0.717, 1.165) is 58.8 Å². The first-order valence-corrected chi connectivity index (χ1v) is 18.8. The Bertz CT molecular complexity index is 1840. The van der Waals surface area contributed by atoms with Gasteiger partial charge in [-0.25, -0.2) is 19.0 Å². The van der Waals surface area contributed by atoms with E-state index in [1.54, 1.807) is 37.3 Å². The number of thiazole rings is 1. The largest absolute Gasteiger partial charge is 0.469 e. The van der Waals surface area contributed by atoms with Crippen molar-refractivity contribution in [2.24, 2.45) is 0 Å². The van der Waals surface area contributed by atoms with Crippen molar-refractivity contribution in [2.75, 3.05) is 33.2 Å². The molecule has 1 aromatic carbocycles. The van der Waals surface area contributed by atoms with Crippen LogP contribution < -0.4 is 5.32 Å². The summed E-state index contributed by atoms with van der Waals surface area (Å²) in [4.78, 5) is 38.9. The van der Waals surface area contributed by atoms with Gasteiger partial charge in [0.2, 0.25) is 5.95 Å². The second kappa shape index (κ2) is 26.8. The number of halogens is 2. The summed E-state index contributed by atoms with van der Waals surface area (Å²) >= 11 is 2.19. The lowest BCUT2D eigenvalue weighted by Crippen LogP contribution is -2.13. The molecule has 1 aliphatic rings. The van der Waals surface area contributed by atoms with E-state index in [0.29, 0.717) is 36.1 Å². The maximum Gasteiger partial charge on any atom is 0.305 e. The van der Waals surface area contributed by atoms with Crippen LogP contribution in [0, 0.1) is 11.8 Å². The fourth-order valence-electron chi connectivity index (χ4n) is 4.78. The predicted molar refractivity (Wildman–Crippen MR) is 208 cm³/mol. The van der Waals surface area contributed by atoms with Gasteiger partial charge < -0.3 is 29.2 Å². The number of carbonyl (C=O) groups is 3. The molecule has 0 spiro atoms. The Morgan fingerprint density at radius 3 is 2.33 bits per heavy atom. The van der Waals surface area contributed by atoms with E-state index in [9.17, 15) is 23.2 Å². The maximum absolute atomic E-state index is 13.9. The van der Waals surface area contributed by atoms with Crippen molar-refractivity contribution in [2.45, 2.75) is 69.5 Å². The Balaban J connectivity index is 0.000000268. The minimum atomic E-state index is -0.708. The van der Waals surface area contributed by atoms with E-state index in [1.807, 2.05) is 47.4 Å². The number of esters is 1. The van der Waals surface area contributed by atoms with Gasteiger partial charge in [-0.1, -0.05) is 37.5 Å². The van der Waals surface area contributed by atoms with E-state index >= 15 is 0 Å². The Morgan fingerprint density at radius 1 is 1.05 bits per heavy atom. The van der Waals surface area contributed by atoms with Crippen molar-refractivity contribution >= 4 is 47.6 Å². The summed E-state index contributed by atoms with van der Waals surface area (Å²) in [6.45, 7) is 2.34. The average Bonchev–Trinajstić information content (AvgIpc) is 4.00. The summed E-state index contributed by atoms with van der Waals surface area (Å²) in [5.41, 5.74) is 2.33. The number of hydrogen-bond acceptors (Lipinski definition) is 14. The average molecular weight is 804 g/mol. The van der Waals surface area contributed by atoms with Gasteiger partial charge in [-0.2, -0.15) is 14.6 Å². The Labute approximate surface area is 327 Å². The number of rotatable bonds is 11. The lowest BCUT2D eigenvalue weighted by Gasteiger charge is -2.21. The molecule has 0 radical (unpaired) electrons. The molecular formula is C37H47F2N7O7S2. The van der Waals surface area contributed by atoms with Crippen LogP contribution in [0.15, 0.2) is 71.3 Å². The molecule has 55 heavy (non-hydrogen) atoms. The molecule has 6 rings (SSSR count). The Kier molecular flexibility index (Phi) is 22.6. The first-order valence-electron chi connectivity index (χ1n) is 17.2. The molecule has 0 bridgehead atoms. The molecule has 0 aliphatic heterocycles. The van der Waals surface area contributed by atoms with Gasteiger partial charge in [0.1, 0.15) is 35.1 Å². The van der Waals surface area contributed by atoms with Gasteiger partial charge in [0, 0.05) is 67.5 Å². The third-order valence-corrected chi connectivity index (χ3v) is 8.71. The summed E-state index contributed by atoms with van der Waals surface area (Å²) in [5.74, 6) is -1.61. The van der Waals surface area contributed by atoms with Gasteiger partial charge in [-0.3, -0.25) is 14.3 Å². The number of aliphatic hydroxyl groups excluding tert-OH is 1. The summed E-state index contributed by atoms with van der Waals surface area (Å²) in [6.07, 6.45) is 13.0. The van der Waals surface area contributed by atoms with Crippen LogP contribution in [-0.2, 0) is 25.8 Å². The molecule has 5 aromatic rings. The highest BCUT2D eigenvalue weighted by Gasteiger charge is 2.21. The van der Waals surface area contributed by atoms with Crippen LogP contribution >= 0.6 is 23.4 Å². The molecule has 18 heteroatoms. The van der Waals surface area contributed by atoms with Crippen LogP contribution in [0.1, 0.15) is 68.4 Å². The molecule has 3 N–H and O–H groups in total. The van der Waals surface area contributed by atoms with Crippen molar-refractivity contribution in [3.8, 4) is 22.0 Å². The van der Waals surface area contributed by atoms with E-state index in [2.05, 4.69) is 30.2 Å². The number of aromatic nitrogens is 6. The molecule has 4 aromatic heterocycles. The summed E-state index contributed by atoms with van der Waals surface area (Å²) in [6, 6.07) is 11.8. The van der Waals surface area contributed by atoms with Crippen LogP contribution in [0.3, 0.4) is 0 Å². The van der Waals surface area contributed by atoms with Gasteiger partial charge in [0.15, 0.2) is 12.1 Å². The lowest BCUT2D eigenvalue weighted by atomic mass is 9.96.